The summed E-state index contributed by atoms with van der Waals surface area (Å²) in [6.45, 7) is 8.22. The monoisotopic (exact) mass is 604 g/mol. The van der Waals surface area contributed by atoms with E-state index in [4.69, 9.17) is 19.0 Å². The van der Waals surface area contributed by atoms with Crippen LogP contribution in [0.15, 0.2) is 0 Å². The second kappa shape index (κ2) is 19.5. The van der Waals surface area contributed by atoms with Crippen LogP contribution >= 0.6 is 0 Å². The Bertz CT molecular complexity index is 798. The molecule has 13 nitrogen and oxygen atoms in total. The van der Waals surface area contributed by atoms with E-state index in [0.717, 1.165) is 51.6 Å². The standard InChI is InChI=1S/C27H46N2O11.C2H6/c1-18-25(35)21(17-30)39-27(26(18)36)38-16-14-28(13-5-8-20-19(31)7-6-15-37-20)12-4-2-3-9-24(34)40-29-22(32)10-11-23(29)33;1-2/h18-21,25-27,30-31,35-36H,2-17H2,1H3;1-2H3/t18?,19?,20?,21?,25-,26?,27-;/m0./s1. The van der Waals surface area contributed by atoms with E-state index in [9.17, 15) is 34.8 Å². The summed E-state index contributed by atoms with van der Waals surface area (Å²) in [5.41, 5.74) is 0. The van der Waals surface area contributed by atoms with Gasteiger partial charge in [-0.05, 0) is 51.6 Å². The third-order valence-electron chi connectivity index (χ3n) is 7.84. The molecule has 0 bridgehead atoms. The molecule has 0 radical (unpaired) electrons. The van der Waals surface area contributed by atoms with Crippen molar-refractivity contribution in [3.8, 4) is 0 Å². The third kappa shape index (κ3) is 11.4. The normalized spacial score (nSPS) is 29.9. The number of aliphatic hydroxyl groups is 4. The molecule has 3 saturated heterocycles. The molecule has 0 aromatic heterocycles. The SMILES string of the molecule is CC.CC1C(O)[C@@H](OCCN(CCCCCC(=O)ON2C(=O)CCC2=O)CCCC2OCCCC2O)OC(CO)[C@H]1O. The number of unbranched alkanes of at least 4 members (excludes halogenated alkanes) is 2. The first-order valence-electron chi connectivity index (χ1n) is 15.5. The Hall–Kier alpha value is -1.71. The highest BCUT2D eigenvalue weighted by molar-refractivity contribution is 6.01. The van der Waals surface area contributed by atoms with Crippen LogP contribution in [0.1, 0.15) is 85.0 Å². The van der Waals surface area contributed by atoms with Crippen LogP contribution in [0.3, 0.4) is 0 Å². The van der Waals surface area contributed by atoms with Gasteiger partial charge in [-0.1, -0.05) is 27.2 Å². The number of imide groups is 1. The van der Waals surface area contributed by atoms with E-state index in [0.29, 0.717) is 24.6 Å². The molecule has 3 aliphatic heterocycles. The molecule has 5 unspecified atom stereocenters. The number of aliphatic hydroxyl groups excluding tert-OH is 4. The molecule has 7 atom stereocenters. The van der Waals surface area contributed by atoms with Gasteiger partial charge in [-0.3, -0.25) is 9.59 Å². The van der Waals surface area contributed by atoms with Gasteiger partial charge in [-0.25, -0.2) is 4.79 Å². The van der Waals surface area contributed by atoms with Gasteiger partial charge in [0, 0.05) is 38.3 Å². The molecule has 3 heterocycles. The minimum Gasteiger partial charge on any atom is -0.394 e. The van der Waals surface area contributed by atoms with Crippen molar-refractivity contribution in [1.82, 2.24) is 9.96 Å². The summed E-state index contributed by atoms with van der Waals surface area (Å²) >= 11 is 0. The van der Waals surface area contributed by atoms with Crippen molar-refractivity contribution in [2.45, 2.75) is 122 Å². The van der Waals surface area contributed by atoms with E-state index in [1.807, 2.05) is 13.8 Å². The molecule has 3 rings (SSSR count). The van der Waals surface area contributed by atoms with Crippen molar-refractivity contribution in [3.05, 3.63) is 0 Å². The Balaban J connectivity index is 0.00000301. The van der Waals surface area contributed by atoms with Crippen LogP contribution < -0.4 is 0 Å². The molecule has 4 N–H and O–H groups in total. The van der Waals surface area contributed by atoms with Crippen LogP contribution in [-0.2, 0) is 33.4 Å². The first kappa shape index (κ1) is 36.5. The first-order valence-corrected chi connectivity index (χ1v) is 15.5. The molecule has 42 heavy (non-hydrogen) atoms. The average Bonchev–Trinajstić information content (AvgIpc) is 3.30. The molecule has 3 aliphatic rings. The molecule has 0 spiro atoms. The number of ether oxygens (including phenoxy) is 3. The van der Waals surface area contributed by atoms with Gasteiger partial charge in [0.2, 0.25) is 0 Å². The van der Waals surface area contributed by atoms with Gasteiger partial charge in [0.1, 0.15) is 12.2 Å². The quantitative estimate of drug-likeness (QED) is 0.145. The van der Waals surface area contributed by atoms with Gasteiger partial charge in [0.15, 0.2) is 6.29 Å². The fourth-order valence-corrected chi connectivity index (χ4v) is 5.25. The Morgan fingerprint density at radius 1 is 0.976 bits per heavy atom. The second-order valence-electron chi connectivity index (χ2n) is 10.9. The third-order valence-corrected chi connectivity index (χ3v) is 7.84. The summed E-state index contributed by atoms with van der Waals surface area (Å²) in [5, 5.41) is 40.8. The smallest absolute Gasteiger partial charge is 0.333 e. The number of nitrogens with zero attached hydrogens (tertiary/aromatic N) is 2. The minimum atomic E-state index is -1.03. The molecule has 0 aromatic carbocycles. The second-order valence-corrected chi connectivity index (χ2v) is 10.9. The summed E-state index contributed by atoms with van der Waals surface area (Å²) in [6.07, 6.45) is 1.04. The fourth-order valence-electron chi connectivity index (χ4n) is 5.25. The number of amides is 2. The average molecular weight is 605 g/mol. The Kier molecular flexibility index (Phi) is 17.0. The van der Waals surface area contributed by atoms with Gasteiger partial charge < -0.3 is 44.4 Å². The van der Waals surface area contributed by atoms with Gasteiger partial charge >= 0.3 is 5.97 Å². The number of hydroxylamine groups is 2. The van der Waals surface area contributed by atoms with Crippen LogP contribution in [-0.4, -0.2) is 124 Å². The maximum Gasteiger partial charge on any atom is 0.333 e. The largest absolute Gasteiger partial charge is 0.394 e. The molecule has 0 aliphatic carbocycles. The molecular formula is C29H52N2O11. The van der Waals surface area contributed by atoms with E-state index < -0.39 is 54.4 Å². The van der Waals surface area contributed by atoms with Crippen LogP contribution in [0.4, 0.5) is 0 Å². The van der Waals surface area contributed by atoms with Crippen molar-refractivity contribution in [1.29, 1.82) is 0 Å². The van der Waals surface area contributed by atoms with E-state index in [-0.39, 0.29) is 38.6 Å². The lowest BCUT2D eigenvalue weighted by Crippen LogP contribution is -2.55. The number of hydrogen-bond donors (Lipinski definition) is 4. The van der Waals surface area contributed by atoms with Crippen molar-refractivity contribution >= 4 is 17.8 Å². The maximum absolute atomic E-state index is 12.0. The Labute approximate surface area is 249 Å². The van der Waals surface area contributed by atoms with Crippen LogP contribution in [0.5, 0.6) is 0 Å². The lowest BCUT2D eigenvalue weighted by atomic mass is 9.91. The van der Waals surface area contributed by atoms with Gasteiger partial charge in [-0.15, -0.1) is 5.06 Å². The van der Waals surface area contributed by atoms with E-state index in [1.54, 1.807) is 6.92 Å². The van der Waals surface area contributed by atoms with Crippen LogP contribution in [0, 0.1) is 5.92 Å². The van der Waals surface area contributed by atoms with Crippen LogP contribution in [0.2, 0.25) is 0 Å². The highest BCUT2D eigenvalue weighted by Gasteiger charge is 2.42. The number of hydrogen-bond acceptors (Lipinski definition) is 12. The summed E-state index contributed by atoms with van der Waals surface area (Å²) in [6, 6.07) is 0. The van der Waals surface area contributed by atoms with E-state index in [2.05, 4.69) is 4.90 Å². The van der Waals surface area contributed by atoms with E-state index in [1.165, 1.54) is 0 Å². The van der Waals surface area contributed by atoms with Gasteiger partial charge in [0.25, 0.3) is 11.8 Å². The van der Waals surface area contributed by atoms with Crippen molar-refractivity contribution in [3.63, 3.8) is 0 Å². The topological polar surface area (TPSA) is 176 Å². The van der Waals surface area contributed by atoms with Gasteiger partial charge in [-0.2, -0.15) is 0 Å². The van der Waals surface area contributed by atoms with E-state index >= 15 is 0 Å². The van der Waals surface area contributed by atoms with Crippen molar-refractivity contribution in [2.75, 3.05) is 39.5 Å². The number of rotatable bonds is 16. The predicted octanol–water partition coefficient (Wildman–Crippen LogP) is 0.894. The zero-order valence-electron chi connectivity index (χ0n) is 25.4. The predicted molar refractivity (Wildman–Crippen MR) is 151 cm³/mol. The molecule has 0 aromatic rings. The molecule has 2 amide bonds. The molecule has 13 heteroatoms. The zero-order valence-corrected chi connectivity index (χ0v) is 25.4. The Morgan fingerprint density at radius 2 is 1.67 bits per heavy atom. The number of carbonyl (C=O) groups excluding carboxylic acids is 3. The van der Waals surface area contributed by atoms with Gasteiger partial charge in [0.05, 0.1) is 31.5 Å². The lowest BCUT2D eigenvalue weighted by Gasteiger charge is -2.40. The zero-order chi connectivity index (χ0) is 31.1. The Morgan fingerprint density at radius 3 is 2.33 bits per heavy atom. The maximum atomic E-state index is 12.0. The highest BCUT2D eigenvalue weighted by atomic mass is 16.7. The number of carbonyl (C=O) groups is 3. The molecule has 3 fully saturated rings. The molecule has 244 valence electrons. The van der Waals surface area contributed by atoms with Crippen LogP contribution in [0.25, 0.3) is 0 Å². The summed E-state index contributed by atoms with van der Waals surface area (Å²) in [5.74, 6) is -2.11. The lowest BCUT2D eigenvalue weighted by molar-refractivity contribution is -0.288. The summed E-state index contributed by atoms with van der Waals surface area (Å²) < 4.78 is 17.1. The highest BCUT2D eigenvalue weighted by Crippen LogP contribution is 2.26. The summed E-state index contributed by atoms with van der Waals surface area (Å²) in [4.78, 5) is 42.3. The fraction of sp³-hybridized carbons (Fsp3) is 0.897. The van der Waals surface area contributed by atoms with Crippen molar-refractivity contribution in [2.24, 2.45) is 5.92 Å². The molecular weight excluding hydrogens is 552 g/mol. The minimum absolute atomic E-state index is 0.0618. The molecule has 0 saturated carbocycles. The van der Waals surface area contributed by atoms with Crippen molar-refractivity contribution < 1.29 is 53.9 Å². The summed E-state index contributed by atoms with van der Waals surface area (Å²) in [7, 11) is 0. The first-order chi connectivity index (χ1) is 20.2.